The fraction of sp³-hybridized carbons (Fsp3) is 0.364. The molecule has 5 heteroatoms. The van der Waals surface area contributed by atoms with Crippen molar-refractivity contribution in [2.45, 2.75) is 19.8 Å². The number of amides is 2. The van der Waals surface area contributed by atoms with Crippen LogP contribution in [0.15, 0.2) is 54.6 Å². The normalized spacial score (nSPS) is 16.6. The van der Waals surface area contributed by atoms with Gasteiger partial charge in [-0.05, 0) is 44.0 Å². The van der Waals surface area contributed by atoms with Gasteiger partial charge >= 0.3 is 0 Å². The van der Waals surface area contributed by atoms with Crippen LogP contribution in [0.4, 0.5) is 0 Å². The number of para-hydroxylation sites is 1. The fourth-order valence-electron chi connectivity index (χ4n) is 3.26. The third kappa shape index (κ3) is 5.33. The Labute approximate surface area is 160 Å². The van der Waals surface area contributed by atoms with Crippen LogP contribution >= 0.6 is 0 Å². The monoisotopic (exact) mass is 366 g/mol. The molecule has 0 aromatic heterocycles. The maximum absolute atomic E-state index is 12.7. The second-order valence-electron chi connectivity index (χ2n) is 6.91. The first-order valence-corrected chi connectivity index (χ1v) is 9.45. The van der Waals surface area contributed by atoms with Crippen molar-refractivity contribution in [1.29, 1.82) is 0 Å². The number of hydrogen-bond donors (Lipinski definition) is 1. The summed E-state index contributed by atoms with van der Waals surface area (Å²) in [6.45, 7) is 4.05. The van der Waals surface area contributed by atoms with Gasteiger partial charge in [-0.1, -0.05) is 35.9 Å². The van der Waals surface area contributed by atoms with Crippen LogP contribution in [-0.2, 0) is 4.79 Å². The van der Waals surface area contributed by atoms with E-state index in [9.17, 15) is 9.59 Å². The molecule has 5 nitrogen and oxygen atoms in total. The Hall–Kier alpha value is -2.82. The number of carbonyl (C=O) groups is 2. The van der Waals surface area contributed by atoms with Crippen molar-refractivity contribution in [3.63, 3.8) is 0 Å². The van der Waals surface area contributed by atoms with Crippen molar-refractivity contribution < 1.29 is 14.3 Å². The van der Waals surface area contributed by atoms with E-state index in [-0.39, 0.29) is 17.7 Å². The Kier molecular flexibility index (Phi) is 6.47. The lowest BCUT2D eigenvalue weighted by Crippen LogP contribution is -2.46. The molecule has 1 saturated heterocycles. The molecule has 1 aliphatic rings. The number of benzene rings is 2. The highest BCUT2D eigenvalue weighted by Crippen LogP contribution is 2.19. The number of ether oxygens (including phenoxy) is 1. The van der Waals surface area contributed by atoms with E-state index >= 15 is 0 Å². The highest BCUT2D eigenvalue weighted by atomic mass is 16.5. The number of rotatable bonds is 6. The van der Waals surface area contributed by atoms with Gasteiger partial charge < -0.3 is 15.0 Å². The summed E-state index contributed by atoms with van der Waals surface area (Å²) in [5.74, 6) is 0.622. The molecule has 2 amide bonds. The molecule has 2 aromatic carbocycles. The van der Waals surface area contributed by atoms with E-state index in [1.807, 2.05) is 61.5 Å². The van der Waals surface area contributed by atoms with Crippen LogP contribution < -0.4 is 10.1 Å². The van der Waals surface area contributed by atoms with E-state index in [4.69, 9.17) is 4.74 Å². The zero-order valence-electron chi connectivity index (χ0n) is 15.7. The standard InChI is InChI=1S/C22H26N2O3/c1-17-9-11-18(12-10-17)22(26)24-14-5-6-19(16-24)21(25)23-13-15-27-20-7-3-2-4-8-20/h2-4,7-12,19H,5-6,13-16H2,1H3,(H,23,25). The minimum atomic E-state index is -0.162. The van der Waals surface area contributed by atoms with Crippen LogP contribution in [0.5, 0.6) is 5.75 Å². The number of aryl methyl sites for hydroxylation is 1. The van der Waals surface area contributed by atoms with E-state index in [0.717, 1.165) is 24.2 Å². The Morgan fingerprint density at radius 2 is 1.85 bits per heavy atom. The molecule has 142 valence electrons. The molecule has 1 N–H and O–H groups in total. The van der Waals surface area contributed by atoms with Crippen LogP contribution in [0.3, 0.4) is 0 Å². The average molecular weight is 366 g/mol. The van der Waals surface area contributed by atoms with Crippen molar-refractivity contribution in [2.75, 3.05) is 26.2 Å². The summed E-state index contributed by atoms with van der Waals surface area (Å²) in [7, 11) is 0. The molecule has 0 bridgehead atoms. The van der Waals surface area contributed by atoms with E-state index < -0.39 is 0 Å². The highest BCUT2D eigenvalue weighted by Gasteiger charge is 2.28. The first-order chi connectivity index (χ1) is 13.1. The van der Waals surface area contributed by atoms with Crippen molar-refractivity contribution in [2.24, 2.45) is 5.92 Å². The van der Waals surface area contributed by atoms with Gasteiger partial charge in [-0.2, -0.15) is 0 Å². The molecule has 27 heavy (non-hydrogen) atoms. The molecule has 1 aliphatic heterocycles. The largest absolute Gasteiger partial charge is 0.492 e. The quantitative estimate of drug-likeness (QED) is 0.800. The van der Waals surface area contributed by atoms with Crippen LogP contribution in [0, 0.1) is 12.8 Å². The molecule has 0 aliphatic carbocycles. The molecule has 2 aromatic rings. The smallest absolute Gasteiger partial charge is 0.253 e. The summed E-state index contributed by atoms with van der Waals surface area (Å²) in [5, 5.41) is 2.93. The molecule has 1 heterocycles. The maximum Gasteiger partial charge on any atom is 0.253 e. The lowest BCUT2D eigenvalue weighted by atomic mass is 9.96. The van der Waals surface area contributed by atoms with Gasteiger partial charge in [0.2, 0.25) is 5.91 Å². The molecular weight excluding hydrogens is 340 g/mol. The second-order valence-corrected chi connectivity index (χ2v) is 6.91. The highest BCUT2D eigenvalue weighted by molar-refractivity contribution is 5.94. The summed E-state index contributed by atoms with van der Waals surface area (Å²) >= 11 is 0. The Morgan fingerprint density at radius 1 is 1.11 bits per heavy atom. The minimum absolute atomic E-state index is 0.0000825. The van der Waals surface area contributed by atoms with Crippen molar-refractivity contribution in [1.82, 2.24) is 10.2 Å². The van der Waals surface area contributed by atoms with Gasteiger partial charge in [0.05, 0.1) is 12.5 Å². The van der Waals surface area contributed by atoms with E-state index in [0.29, 0.717) is 31.8 Å². The molecule has 0 saturated carbocycles. The topological polar surface area (TPSA) is 58.6 Å². The predicted octanol–water partition coefficient (Wildman–Crippen LogP) is 3.04. The SMILES string of the molecule is Cc1ccc(C(=O)N2CCCC(C(=O)NCCOc3ccccc3)C2)cc1. The van der Waals surface area contributed by atoms with Crippen LogP contribution in [0.1, 0.15) is 28.8 Å². The average Bonchev–Trinajstić information content (AvgIpc) is 2.72. The van der Waals surface area contributed by atoms with E-state index in [2.05, 4.69) is 5.32 Å². The van der Waals surface area contributed by atoms with Crippen LogP contribution in [-0.4, -0.2) is 43.0 Å². The summed E-state index contributed by atoms with van der Waals surface area (Å²) in [5.41, 5.74) is 1.80. The van der Waals surface area contributed by atoms with E-state index in [1.165, 1.54) is 0 Å². The van der Waals surface area contributed by atoms with Crippen LogP contribution in [0.2, 0.25) is 0 Å². The summed E-state index contributed by atoms with van der Waals surface area (Å²) in [6, 6.07) is 17.1. The molecule has 1 unspecified atom stereocenters. The Bertz CT molecular complexity index is 759. The molecule has 1 fully saturated rings. The van der Waals surface area contributed by atoms with Gasteiger partial charge in [0, 0.05) is 18.7 Å². The van der Waals surface area contributed by atoms with Gasteiger partial charge in [-0.15, -0.1) is 0 Å². The minimum Gasteiger partial charge on any atom is -0.492 e. The summed E-state index contributed by atoms with van der Waals surface area (Å²) in [6.07, 6.45) is 1.65. The number of piperidine rings is 1. The summed E-state index contributed by atoms with van der Waals surface area (Å²) < 4.78 is 5.59. The summed E-state index contributed by atoms with van der Waals surface area (Å²) in [4.78, 5) is 26.9. The predicted molar refractivity (Wildman–Crippen MR) is 105 cm³/mol. The number of likely N-dealkylation sites (tertiary alicyclic amines) is 1. The Morgan fingerprint density at radius 3 is 2.59 bits per heavy atom. The molecular formula is C22H26N2O3. The van der Waals surface area contributed by atoms with Gasteiger partial charge in [0.25, 0.3) is 5.91 Å². The van der Waals surface area contributed by atoms with Crippen molar-refractivity contribution >= 4 is 11.8 Å². The van der Waals surface area contributed by atoms with Gasteiger partial charge in [-0.25, -0.2) is 0 Å². The molecule has 1 atom stereocenters. The van der Waals surface area contributed by atoms with Crippen molar-refractivity contribution in [3.05, 3.63) is 65.7 Å². The number of carbonyl (C=O) groups excluding carboxylic acids is 2. The zero-order valence-corrected chi connectivity index (χ0v) is 15.7. The molecule has 0 radical (unpaired) electrons. The van der Waals surface area contributed by atoms with Gasteiger partial charge in [0.15, 0.2) is 0 Å². The van der Waals surface area contributed by atoms with E-state index in [1.54, 1.807) is 4.90 Å². The Balaban J connectivity index is 1.46. The molecule has 3 rings (SSSR count). The molecule has 0 spiro atoms. The number of hydrogen-bond acceptors (Lipinski definition) is 3. The van der Waals surface area contributed by atoms with Gasteiger partial charge in [-0.3, -0.25) is 9.59 Å². The number of nitrogens with zero attached hydrogens (tertiary/aromatic N) is 1. The number of nitrogens with one attached hydrogen (secondary N) is 1. The lowest BCUT2D eigenvalue weighted by Gasteiger charge is -2.32. The fourth-order valence-corrected chi connectivity index (χ4v) is 3.26. The maximum atomic E-state index is 12.7. The van der Waals surface area contributed by atoms with Gasteiger partial charge in [0.1, 0.15) is 12.4 Å². The van der Waals surface area contributed by atoms with Crippen molar-refractivity contribution in [3.8, 4) is 5.75 Å². The third-order valence-corrected chi connectivity index (χ3v) is 4.79. The zero-order chi connectivity index (χ0) is 19.1. The lowest BCUT2D eigenvalue weighted by molar-refractivity contribution is -0.126. The second kappa shape index (κ2) is 9.21. The first-order valence-electron chi connectivity index (χ1n) is 9.45. The third-order valence-electron chi connectivity index (χ3n) is 4.79. The first kappa shape index (κ1) is 19.0. The van der Waals surface area contributed by atoms with Crippen LogP contribution in [0.25, 0.3) is 0 Å².